The molecule has 126 valence electrons. The van der Waals surface area contributed by atoms with Gasteiger partial charge in [0.2, 0.25) is 0 Å². The van der Waals surface area contributed by atoms with Gasteiger partial charge in [0.05, 0.1) is 17.6 Å². The van der Waals surface area contributed by atoms with Gasteiger partial charge in [-0.1, -0.05) is 12.1 Å². The van der Waals surface area contributed by atoms with Crippen LogP contribution in [-0.4, -0.2) is 35.0 Å². The smallest absolute Gasteiger partial charge is 0.270 e. The molecule has 2 heterocycles. The van der Waals surface area contributed by atoms with E-state index in [0.717, 1.165) is 24.3 Å². The molecule has 1 saturated heterocycles. The maximum Gasteiger partial charge on any atom is 0.270 e. The van der Waals surface area contributed by atoms with Gasteiger partial charge in [0.15, 0.2) is 0 Å². The Balaban J connectivity index is 1.81. The van der Waals surface area contributed by atoms with Crippen LogP contribution >= 0.6 is 11.3 Å². The lowest BCUT2D eigenvalue weighted by Gasteiger charge is -2.25. The van der Waals surface area contributed by atoms with Gasteiger partial charge in [-0.2, -0.15) is 0 Å². The van der Waals surface area contributed by atoms with E-state index in [4.69, 9.17) is 4.74 Å². The number of carbonyl (C=O) groups is 1. The van der Waals surface area contributed by atoms with Crippen molar-refractivity contribution in [3.63, 3.8) is 0 Å². The first-order chi connectivity index (χ1) is 11.6. The van der Waals surface area contributed by atoms with Crippen LogP contribution in [0.15, 0.2) is 41.8 Å². The predicted molar refractivity (Wildman–Crippen MR) is 91.1 cm³/mol. The highest BCUT2D eigenvalue weighted by Crippen LogP contribution is 2.21. The third kappa shape index (κ3) is 3.98. The number of nitro groups is 1. The molecule has 0 spiro atoms. The number of rotatable bonds is 6. The Morgan fingerprint density at radius 1 is 1.38 bits per heavy atom. The monoisotopic (exact) mass is 346 g/mol. The second-order valence-corrected chi connectivity index (χ2v) is 6.74. The summed E-state index contributed by atoms with van der Waals surface area (Å²) < 4.78 is 5.65. The van der Waals surface area contributed by atoms with Gasteiger partial charge in [0.25, 0.3) is 11.6 Å². The summed E-state index contributed by atoms with van der Waals surface area (Å²) >= 11 is 1.59. The molecule has 0 aliphatic carbocycles. The summed E-state index contributed by atoms with van der Waals surface area (Å²) in [5.74, 6) is -0.206. The Morgan fingerprint density at radius 2 is 2.25 bits per heavy atom. The zero-order chi connectivity index (χ0) is 16.9. The topological polar surface area (TPSA) is 72.7 Å². The highest BCUT2D eigenvalue weighted by atomic mass is 32.1. The van der Waals surface area contributed by atoms with Crippen molar-refractivity contribution in [2.75, 3.05) is 13.2 Å². The lowest BCUT2D eigenvalue weighted by Crippen LogP contribution is -2.36. The minimum Gasteiger partial charge on any atom is -0.376 e. The third-order valence-electron chi connectivity index (χ3n) is 3.97. The number of nitro benzene ring substituents is 1. The van der Waals surface area contributed by atoms with E-state index in [9.17, 15) is 14.9 Å². The molecule has 1 atom stereocenters. The zero-order valence-corrected chi connectivity index (χ0v) is 13.9. The normalized spacial score (nSPS) is 16.9. The molecule has 0 N–H and O–H groups in total. The summed E-state index contributed by atoms with van der Waals surface area (Å²) in [4.78, 5) is 26.1. The van der Waals surface area contributed by atoms with Crippen LogP contribution in [0.1, 0.15) is 28.1 Å². The van der Waals surface area contributed by atoms with E-state index >= 15 is 0 Å². The first-order valence-corrected chi connectivity index (χ1v) is 8.69. The minimum absolute atomic E-state index is 0.0348. The van der Waals surface area contributed by atoms with E-state index in [0.29, 0.717) is 18.7 Å². The standard InChI is InChI=1S/C17H18N2O4S/c20-17(13-4-1-5-14(10-13)19(21)22)18(11-15-6-2-8-23-15)12-16-7-3-9-24-16/h1,3-5,7,9-10,15H,2,6,8,11-12H2. The van der Waals surface area contributed by atoms with Crippen molar-refractivity contribution in [3.8, 4) is 0 Å². The van der Waals surface area contributed by atoms with E-state index in [1.807, 2.05) is 17.5 Å². The summed E-state index contributed by atoms with van der Waals surface area (Å²) in [6.45, 7) is 1.71. The van der Waals surface area contributed by atoms with E-state index in [1.54, 1.807) is 28.4 Å². The number of benzene rings is 1. The molecular weight excluding hydrogens is 328 g/mol. The Kier molecular flexibility index (Phi) is 5.22. The van der Waals surface area contributed by atoms with Crippen molar-refractivity contribution in [2.45, 2.75) is 25.5 Å². The number of thiophene rings is 1. The van der Waals surface area contributed by atoms with Crippen molar-refractivity contribution in [1.82, 2.24) is 4.90 Å². The molecule has 1 fully saturated rings. The molecule has 1 aliphatic heterocycles. The van der Waals surface area contributed by atoms with Crippen LogP contribution in [0, 0.1) is 10.1 Å². The largest absolute Gasteiger partial charge is 0.376 e. The lowest BCUT2D eigenvalue weighted by atomic mass is 10.1. The number of non-ortho nitro benzene ring substituents is 1. The number of ether oxygens (including phenoxy) is 1. The fraction of sp³-hybridized carbons (Fsp3) is 0.353. The molecule has 3 rings (SSSR count). The molecule has 1 aromatic carbocycles. The molecule has 7 heteroatoms. The molecule has 1 aliphatic rings. The fourth-order valence-corrected chi connectivity index (χ4v) is 3.50. The fourth-order valence-electron chi connectivity index (χ4n) is 2.78. The molecule has 0 radical (unpaired) electrons. The van der Waals surface area contributed by atoms with Crippen LogP contribution in [-0.2, 0) is 11.3 Å². The van der Waals surface area contributed by atoms with E-state index in [2.05, 4.69) is 0 Å². The Hall–Kier alpha value is -2.25. The molecule has 1 unspecified atom stereocenters. The van der Waals surface area contributed by atoms with Crippen molar-refractivity contribution < 1.29 is 14.5 Å². The van der Waals surface area contributed by atoms with E-state index in [1.165, 1.54) is 12.1 Å². The first kappa shape index (κ1) is 16.6. The zero-order valence-electron chi connectivity index (χ0n) is 13.1. The average molecular weight is 346 g/mol. The second-order valence-electron chi connectivity index (χ2n) is 5.71. The van der Waals surface area contributed by atoms with Crippen LogP contribution in [0.2, 0.25) is 0 Å². The van der Waals surface area contributed by atoms with E-state index < -0.39 is 4.92 Å². The van der Waals surface area contributed by atoms with Crippen LogP contribution in [0.25, 0.3) is 0 Å². The number of hydrogen-bond acceptors (Lipinski definition) is 5. The quantitative estimate of drug-likeness (QED) is 0.593. The Labute approximate surface area is 143 Å². The maximum atomic E-state index is 12.9. The highest BCUT2D eigenvalue weighted by molar-refractivity contribution is 7.09. The number of hydrogen-bond donors (Lipinski definition) is 0. The molecule has 6 nitrogen and oxygen atoms in total. The van der Waals surface area contributed by atoms with Gasteiger partial charge in [-0.05, 0) is 30.4 Å². The number of amides is 1. The van der Waals surface area contributed by atoms with Gasteiger partial charge in [0, 0.05) is 35.7 Å². The molecular formula is C17H18N2O4S. The van der Waals surface area contributed by atoms with Crippen LogP contribution < -0.4 is 0 Å². The molecule has 1 amide bonds. The number of carbonyl (C=O) groups excluding carboxylic acids is 1. The summed E-state index contributed by atoms with van der Waals surface area (Å²) in [6.07, 6.45) is 1.97. The summed E-state index contributed by atoms with van der Waals surface area (Å²) in [7, 11) is 0. The maximum absolute atomic E-state index is 12.9. The van der Waals surface area contributed by atoms with Crippen LogP contribution in [0.3, 0.4) is 0 Å². The van der Waals surface area contributed by atoms with Crippen LogP contribution in [0.5, 0.6) is 0 Å². The second kappa shape index (κ2) is 7.55. The summed E-state index contributed by atoms with van der Waals surface area (Å²) in [6, 6.07) is 9.81. The SMILES string of the molecule is O=C(c1cccc([N+](=O)[O-])c1)N(Cc1cccs1)CC1CCCO1. The minimum atomic E-state index is -0.486. The molecule has 1 aromatic heterocycles. The van der Waals surface area contributed by atoms with Crippen molar-refractivity contribution in [2.24, 2.45) is 0 Å². The van der Waals surface area contributed by atoms with Crippen molar-refractivity contribution in [3.05, 3.63) is 62.3 Å². The Morgan fingerprint density at radius 3 is 2.92 bits per heavy atom. The summed E-state index contributed by atoms with van der Waals surface area (Å²) in [5, 5.41) is 12.9. The molecule has 2 aromatic rings. The first-order valence-electron chi connectivity index (χ1n) is 7.81. The summed E-state index contributed by atoms with van der Waals surface area (Å²) in [5.41, 5.74) is 0.257. The molecule has 0 bridgehead atoms. The van der Waals surface area contributed by atoms with Gasteiger partial charge in [-0.15, -0.1) is 11.3 Å². The van der Waals surface area contributed by atoms with Gasteiger partial charge in [-0.3, -0.25) is 14.9 Å². The molecule has 0 saturated carbocycles. The van der Waals surface area contributed by atoms with Crippen molar-refractivity contribution >= 4 is 22.9 Å². The molecule has 24 heavy (non-hydrogen) atoms. The Bertz CT molecular complexity index is 711. The predicted octanol–water partition coefficient (Wildman–Crippen LogP) is 3.48. The van der Waals surface area contributed by atoms with Gasteiger partial charge in [-0.25, -0.2) is 0 Å². The van der Waals surface area contributed by atoms with Crippen molar-refractivity contribution in [1.29, 1.82) is 0 Å². The lowest BCUT2D eigenvalue weighted by molar-refractivity contribution is -0.384. The number of nitrogens with zero attached hydrogens (tertiary/aromatic N) is 2. The van der Waals surface area contributed by atoms with Crippen LogP contribution in [0.4, 0.5) is 5.69 Å². The van der Waals surface area contributed by atoms with Gasteiger partial charge in [0.1, 0.15) is 0 Å². The average Bonchev–Trinajstić information content (AvgIpc) is 3.27. The van der Waals surface area contributed by atoms with Gasteiger partial charge >= 0.3 is 0 Å². The third-order valence-corrected chi connectivity index (χ3v) is 4.83. The van der Waals surface area contributed by atoms with Gasteiger partial charge < -0.3 is 9.64 Å². The van der Waals surface area contributed by atoms with E-state index in [-0.39, 0.29) is 17.7 Å². The highest BCUT2D eigenvalue weighted by Gasteiger charge is 2.24.